The smallest absolute Gasteiger partial charge is 0.256 e. The Hall–Kier alpha value is -2.18. The molecule has 3 rings (SSSR count). The number of ether oxygens (including phenoxy) is 1. The largest absolute Gasteiger partial charge is 0.497 e. The topological polar surface area (TPSA) is 51.2 Å². The summed E-state index contributed by atoms with van der Waals surface area (Å²) in [5, 5.41) is 5.77. The van der Waals surface area contributed by atoms with Crippen LogP contribution in [0.4, 0.5) is 5.69 Å². The van der Waals surface area contributed by atoms with Crippen LogP contribution in [-0.2, 0) is 0 Å². The number of benzene rings is 2. The standard InChI is InChI=1S/C17H13BrN2O2S/c1-22-13-6-7-15(18)14(10-13)16(21)20-12-4-2-11(3-5-12)17-19-8-9-23-17/h2-10H,1H3,(H,20,21). The summed E-state index contributed by atoms with van der Waals surface area (Å²) in [5.74, 6) is 0.440. The molecule has 0 aliphatic heterocycles. The van der Waals surface area contributed by atoms with Gasteiger partial charge < -0.3 is 10.1 Å². The van der Waals surface area contributed by atoms with E-state index in [2.05, 4.69) is 26.2 Å². The van der Waals surface area contributed by atoms with Crippen LogP contribution in [0.25, 0.3) is 10.6 Å². The first-order chi connectivity index (χ1) is 11.2. The van der Waals surface area contributed by atoms with Gasteiger partial charge >= 0.3 is 0 Å². The van der Waals surface area contributed by atoms with Gasteiger partial charge in [0, 0.05) is 27.3 Å². The summed E-state index contributed by atoms with van der Waals surface area (Å²) in [6, 6.07) is 12.9. The molecule has 0 saturated carbocycles. The third kappa shape index (κ3) is 3.60. The molecule has 23 heavy (non-hydrogen) atoms. The van der Waals surface area contributed by atoms with E-state index in [4.69, 9.17) is 4.74 Å². The van der Waals surface area contributed by atoms with E-state index in [-0.39, 0.29) is 5.91 Å². The highest BCUT2D eigenvalue weighted by atomic mass is 79.9. The molecule has 0 aliphatic carbocycles. The minimum absolute atomic E-state index is 0.197. The number of nitrogens with zero attached hydrogens (tertiary/aromatic N) is 1. The van der Waals surface area contributed by atoms with Crippen LogP contribution in [-0.4, -0.2) is 18.0 Å². The predicted molar refractivity (Wildman–Crippen MR) is 96.2 cm³/mol. The number of nitrogens with one attached hydrogen (secondary N) is 1. The van der Waals surface area contributed by atoms with Crippen LogP contribution >= 0.6 is 27.3 Å². The molecular formula is C17H13BrN2O2S. The van der Waals surface area contributed by atoms with Gasteiger partial charge in [-0.3, -0.25) is 4.79 Å². The molecule has 0 bridgehead atoms. The molecule has 2 aromatic carbocycles. The van der Waals surface area contributed by atoms with Gasteiger partial charge in [-0.1, -0.05) is 0 Å². The van der Waals surface area contributed by atoms with Gasteiger partial charge in [0.2, 0.25) is 0 Å². The molecule has 0 radical (unpaired) electrons. The molecule has 0 atom stereocenters. The Labute approximate surface area is 146 Å². The summed E-state index contributed by atoms with van der Waals surface area (Å²) in [4.78, 5) is 16.7. The Balaban J connectivity index is 1.78. The number of anilines is 1. The number of carbonyl (C=O) groups excluding carboxylic acids is 1. The summed E-state index contributed by atoms with van der Waals surface area (Å²) in [6.45, 7) is 0. The van der Waals surface area contributed by atoms with Crippen molar-refractivity contribution in [2.75, 3.05) is 12.4 Å². The summed E-state index contributed by atoms with van der Waals surface area (Å²) in [5.41, 5.74) is 2.28. The monoisotopic (exact) mass is 388 g/mol. The molecule has 116 valence electrons. The molecule has 1 N–H and O–H groups in total. The molecule has 4 nitrogen and oxygen atoms in total. The van der Waals surface area contributed by atoms with Crippen LogP contribution in [0.5, 0.6) is 5.75 Å². The van der Waals surface area contributed by atoms with Crippen molar-refractivity contribution >= 4 is 38.9 Å². The Morgan fingerprint density at radius 3 is 2.65 bits per heavy atom. The van der Waals surface area contributed by atoms with Crippen LogP contribution in [0.2, 0.25) is 0 Å². The highest BCUT2D eigenvalue weighted by Crippen LogP contribution is 2.25. The van der Waals surface area contributed by atoms with Crippen molar-refractivity contribution < 1.29 is 9.53 Å². The first-order valence-electron chi connectivity index (χ1n) is 6.82. The van der Waals surface area contributed by atoms with E-state index >= 15 is 0 Å². The third-order valence-electron chi connectivity index (χ3n) is 3.24. The van der Waals surface area contributed by atoms with Crippen molar-refractivity contribution in [3.05, 3.63) is 64.1 Å². The van der Waals surface area contributed by atoms with Crippen LogP contribution in [0.1, 0.15) is 10.4 Å². The Morgan fingerprint density at radius 1 is 1.22 bits per heavy atom. The Kier molecular flexibility index (Phi) is 4.73. The molecule has 0 saturated heterocycles. The minimum Gasteiger partial charge on any atom is -0.497 e. The maximum absolute atomic E-state index is 12.4. The highest BCUT2D eigenvalue weighted by Gasteiger charge is 2.12. The summed E-state index contributed by atoms with van der Waals surface area (Å²) in [7, 11) is 1.57. The van der Waals surface area contributed by atoms with Crippen molar-refractivity contribution in [1.82, 2.24) is 4.98 Å². The lowest BCUT2D eigenvalue weighted by Gasteiger charge is -2.09. The molecule has 1 aromatic heterocycles. The van der Waals surface area contributed by atoms with E-state index < -0.39 is 0 Å². The molecule has 6 heteroatoms. The molecule has 0 spiro atoms. The number of thiazole rings is 1. The maximum Gasteiger partial charge on any atom is 0.256 e. The van der Waals surface area contributed by atoms with Gasteiger partial charge in [-0.15, -0.1) is 11.3 Å². The van der Waals surface area contributed by atoms with E-state index in [0.717, 1.165) is 20.7 Å². The third-order valence-corrected chi connectivity index (χ3v) is 4.75. The molecular weight excluding hydrogens is 376 g/mol. The van der Waals surface area contributed by atoms with E-state index in [1.54, 1.807) is 42.8 Å². The van der Waals surface area contributed by atoms with Gasteiger partial charge in [-0.25, -0.2) is 4.98 Å². The Morgan fingerprint density at radius 2 is 2.00 bits per heavy atom. The van der Waals surface area contributed by atoms with Crippen LogP contribution < -0.4 is 10.1 Å². The quantitative estimate of drug-likeness (QED) is 0.695. The van der Waals surface area contributed by atoms with E-state index in [1.165, 1.54) is 0 Å². The Bertz CT molecular complexity index is 817. The fourth-order valence-electron chi connectivity index (χ4n) is 2.07. The predicted octanol–water partition coefficient (Wildman–Crippen LogP) is 4.83. The van der Waals surface area contributed by atoms with E-state index in [1.807, 2.05) is 29.6 Å². The minimum atomic E-state index is -0.197. The number of methoxy groups -OCH3 is 1. The van der Waals surface area contributed by atoms with Crippen molar-refractivity contribution in [2.45, 2.75) is 0 Å². The molecule has 0 aliphatic rings. The van der Waals surface area contributed by atoms with Crippen LogP contribution in [0.15, 0.2) is 58.5 Å². The highest BCUT2D eigenvalue weighted by molar-refractivity contribution is 9.10. The van der Waals surface area contributed by atoms with Gasteiger partial charge in [0.15, 0.2) is 0 Å². The zero-order chi connectivity index (χ0) is 16.2. The fourth-order valence-corrected chi connectivity index (χ4v) is 3.14. The number of carbonyl (C=O) groups is 1. The zero-order valence-corrected chi connectivity index (χ0v) is 14.6. The summed E-state index contributed by atoms with van der Waals surface area (Å²) < 4.78 is 5.88. The summed E-state index contributed by atoms with van der Waals surface area (Å²) >= 11 is 4.97. The van der Waals surface area contributed by atoms with Crippen LogP contribution in [0, 0.1) is 0 Å². The second-order valence-corrected chi connectivity index (χ2v) is 6.46. The average Bonchev–Trinajstić information content (AvgIpc) is 3.10. The maximum atomic E-state index is 12.4. The first kappa shape index (κ1) is 15.7. The summed E-state index contributed by atoms with van der Waals surface area (Å²) in [6.07, 6.45) is 1.77. The van der Waals surface area contributed by atoms with Gasteiger partial charge in [0.25, 0.3) is 5.91 Å². The zero-order valence-electron chi connectivity index (χ0n) is 12.2. The van der Waals surface area contributed by atoms with Crippen LogP contribution in [0.3, 0.4) is 0 Å². The normalized spacial score (nSPS) is 10.3. The fraction of sp³-hybridized carbons (Fsp3) is 0.0588. The molecule has 3 aromatic rings. The molecule has 1 heterocycles. The first-order valence-corrected chi connectivity index (χ1v) is 8.49. The lowest BCUT2D eigenvalue weighted by molar-refractivity contribution is 0.102. The number of halogens is 1. The van der Waals surface area contributed by atoms with E-state index in [9.17, 15) is 4.79 Å². The van der Waals surface area contributed by atoms with Gasteiger partial charge in [-0.2, -0.15) is 0 Å². The molecule has 0 fully saturated rings. The van der Waals surface area contributed by atoms with Crippen molar-refractivity contribution in [1.29, 1.82) is 0 Å². The lowest BCUT2D eigenvalue weighted by atomic mass is 10.1. The molecule has 1 amide bonds. The number of hydrogen-bond donors (Lipinski definition) is 1. The lowest BCUT2D eigenvalue weighted by Crippen LogP contribution is -2.12. The van der Waals surface area contributed by atoms with Crippen molar-refractivity contribution in [3.8, 4) is 16.3 Å². The van der Waals surface area contributed by atoms with E-state index in [0.29, 0.717) is 11.3 Å². The average molecular weight is 389 g/mol. The number of aromatic nitrogens is 1. The second-order valence-electron chi connectivity index (χ2n) is 4.71. The van der Waals surface area contributed by atoms with Gasteiger partial charge in [-0.05, 0) is 58.4 Å². The number of hydrogen-bond acceptors (Lipinski definition) is 4. The molecule has 0 unspecified atom stereocenters. The van der Waals surface area contributed by atoms with Gasteiger partial charge in [0.1, 0.15) is 10.8 Å². The second kappa shape index (κ2) is 6.93. The SMILES string of the molecule is COc1ccc(Br)c(C(=O)Nc2ccc(-c3nccs3)cc2)c1. The van der Waals surface area contributed by atoms with Crippen molar-refractivity contribution in [2.24, 2.45) is 0 Å². The van der Waals surface area contributed by atoms with Gasteiger partial charge in [0.05, 0.1) is 12.7 Å². The van der Waals surface area contributed by atoms with Crippen molar-refractivity contribution in [3.63, 3.8) is 0 Å². The number of amides is 1. The number of rotatable bonds is 4.